The molecule has 8 heteroatoms. The Kier molecular flexibility index (Phi) is 8.22. The fourth-order valence-corrected chi connectivity index (χ4v) is 3.17. The number of hydrogen-bond donors (Lipinski definition) is 2. The van der Waals surface area contributed by atoms with E-state index in [0.29, 0.717) is 19.5 Å². The van der Waals surface area contributed by atoms with Crippen LogP contribution in [-0.2, 0) is 4.79 Å². The van der Waals surface area contributed by atoms with Gasteiger partial charge in [-0.3, -0.25) is 4.79 Å². The number of carbonyl (C=O) groups is 1. The molecule has 0 unspecified atom stereocenters. The van der Waals surface area contributed by atoms with E-state index in [1.807, 2.05) is 4.90 Å². The molecule has 5 nitrogen and oxygen atoms in total. The van der Waals surface area contributed by atoms with Crippen LogP contribution >= 0.6 is 24.8 Å². The van der Waals surface area contributed by atoms with Crippen molar-refractivity contribution in [2.75, 3.05) is 37.6 Å². The lowest BCUT2D eigenvalue weighted by molar-refractivity contribution is -0.133. The van der Waals surface area contributed by atoms with Crippen LogP contribution in [0.3, 0.4) is 0 Å². The molecule has 3 rings (SSSR count). The largest absolute Gasteiger partial charge is 0.392 e. The van der Waals surface area contributed by atoms with Crippen molar-refractivity contribution in [2.24, 2.45) is 0 Å². The van der Waals surface area contributed by atoms with E-state index in [2.05, 4.69) is 10.2 Å². The topological polar surface area (TPSA) is 55.8 Å². The van der Waals surface area contributed by atoms with Crippen molar-refractivity contribution >= 4 is 36.4 Å². The van der Waals surface area contributed by atoms with E-state index in [9.17, 15) is 14.3 Å². The van der Waals surface area contributed by atoms with Gasteiger partial charge in [-0.05, 0) is 37.1 Å². The second-order valence-corrected chi connectivity index (χ2v) is 5.99. The van der Waals surface area contributed by atoms with Crippen molar-refractivity contribution < 1.29 is 14.3 Å². The Bertz CT molecular complexity index is 533. The number of aliphatic hydroxyl groups excluding tert-OH is 1. The van der Waals surface area contributed by atoms with Crippen molar-refractivity contribution in [3.8, 4) is 0 Å². The van der Waals surface area contributed by atoms with Crippen LogP contribution in [0.2, 0.25) is 0 Å². The second kappa shape index (κ2) is 9.42. The minimum atomic E-state index is -0.420. The minimum Gasteiger partial charge on any atom is -0.392 e. The third-order valence-electron chi connectivity index (χ3n) is 4.41. The number of anilines is 1. The lowest BCUT2D eigenvalue weighted by Gasteiger charge is -2.25. The molecule has 0 aliphatic carbocycles. The number of aliphatic hydroxyl groups is 1. The number of hydrogen-bond acceptors (Lipinski definition) is 4. The first-order valence-corrected chi connectivity index (χ1v) is 7.84. The van der Waals surface area contributed by atoms with E-state index in [1.165, 1.54) is 12.1 Å². The summed E-state index contributed by atoms with van der Waals surface area (Å²) in [6, 6.07) is 6.23. The van der Waals surface area contributed by atoms with Crippen molar-refractivity contribution in [3.05, 3.63) is 30.1 Å². The van der Waals surface area contributed by atoms with Gasteiger partial charge in [-0.15, -0.1) is 24.8 Å². The third-order valence-corrected chi connectivity index (χ3v) is 4.41. The monoisotopic (exact) mass is 379 g/mol. The van der Waals surface area contributed by atoms with Crippen LogP contribution in [0.1, 0.15) is 12.8 Å². The molecule has 2 heterocycles. The Morgan fingerprint density at radius 3 is 2.46 bits per heavy atom. The van der Waals surface area contributed by atoms with Crippen LogP contribution in [0, 0.1) is 5.82 Å². The van der Waals surface area contributed by atoms with Gasteiger partial charge in [0.25, 0.3) is 0 Å². The van der Waals surface area contributed by atoms with Crippen LogP contribution in [0.25, 0.3) is 0 Å². The lowest BCUT2D eigenvalue weighted by Crippen LogP contribution is -2.45. The van der Waals surface area contributed by atoms with E-state index in [1.54, 1.807) is 12.1 Å². The second-order valence-electron chi connectivity index (χ2n) is 5.99. The zero-order chi connectivity index (χ0) is 15.5. The van der Waals surface area contributed by atoms with Crippen LogP contribution in [0.5, 0.6) is 0 Å². The SMILES string of the molecule is Cl.Cl.O=C([C@@H]1C[C@@H](O)CN1)N1CCCN(c2ccc(F)cc2)CC1. The molecule has 2 saturated heterocycles. The molecule has 2 N–H and O–H groups in total. The first kappa shape index (κ1) is 21.0. The van der Waals surface area contributed by atoms with Gasteiger partial charge in [0.15, 0.2) is 0 Å². The minimum absolute atomic E-state index is 0. The Morgan fingerprint density at radius 2 is 1.83 bits per heavy atom. The maximum absolute atomic E-state index is 13.0. The summed E-state index contributed by atoms with van der Waals surface area (Å²) in [6.07, 6.45) is 0.965. The molecule has 0 radical (unpaired) electrons. The summed E-state index contributed by atoms with van der Waals surface area (Å²) in [5, 5.41) is 12.6. The van der Waals surface area contributed by atoms with Gasteiger partial charge in [0.05, 0.1) is 12.1 Å². The molecule has 0 saturated carbocycles. The van der Waals surface area contributed by atoms with E-state index < -0.39 is 6.10 Å². The summed E-state index contributed by atoms with van der Waals surface area (Å²) in [6.45, 7) is 3.48. The molecule has 0 aromatic heterocycles. The molecule has 136 valence electrons. The summed E-state index contributed by atoms with van der Waals surface area (Å²) in [7, 11) is 0. The normalized spacial score (nSPS) is 23.9. The Balaban J connectivity index is 0.00000144. The summed E-state index contributed by atoms with van der Waals surface area (Å²) >= 11 is 0. The zero-order valence-electron chi connectivity index (χ0n) is 13.4. The molecule has 2 fully saturated rings. The van der Waals surface area contributed by atoms with Gasteiger partial charge >= 0.3 is 0 Å². The Hall–Kier alpha value is -1.08. The molecule has 1 amide bonds. The fraction of sp³-hybridized carbons (Fsp3) is 0.562. The van der Waals surface area contributed by atoms with Gasteiger partial charge < -0.3 is 20.2 Å². The van der Waals surface area contributed by atoms with Crippen molar-refractivity contribution in [3.63, 3.8) is 0 Å². The van der Waals surface area contributed by atoms with E-state index in [-0.39, 0.29) is 42.6 Å². The summed E-state index contributed by atoms with van der Waals surface area (Å²) in [5.41, 5.74) is 0.991. The maximum Gasteiger partial charge on any atom is 0.239 e. The highest BCUT2D eigenvalue weighted by molar-refractivity contribution is 5.85. The third kappa shape index (κ3) is 4.96. The number of benzene rings is 1. The number of nitrogens with one attached hydrogen (secondary N) is 1. The number of rotatable bonds is 2. The number of halogens is 3. The number of β-amino-alcohol motifs (C(OH)–C–C–N with tert-alkyl or cyclic N) is 1. The predicted molar refractivity (Wildman–Crippen MR) is 96.7 cm³/mol. The highest BCUT2D eigenvalue weighted by atomic mass is 35.5. The van der Waals surface area contributed by atoms with E-state index in [0.717, 1.165) is 31.7 Å². The number of nitrogens with zero attached hydrogens (tertiary/aromatic N) is 2. The fourth-order valence-electron chi connectivity index (χ4n) is 3.17. The average Bonchev–Trinajstić information content (AvgIpc) is 2.81. The Morgan fingerprint density at radius 1 is 1.12 bits per heavy atom. The molecular weight excluding hydrogens is 356 g/mol. The standard InChI is InChI=1S/C16H22FN3O2.2ClH/c17-12-2-4-13(5-3-12)19-6-1-7-20(9-8-19)16(22)15-10-14(21)11-18-15;;/h2-5,14-15,18,21H,1,6-11H2;2*1H/t14-,15+;;/m1../s1. The summed E-state index contributed by atoms with van der Waals surface area (Å²) in [5.74, 6) is -0.154. The van der Waals surface area contributed by atoms with Crippen LogP contribution in [-0.4, -0.2) is 60.8 Å². The quantitative estimate of drug-likeness (QED) is 0.815. The maximum atomic E-state index is 13.0. The lowest BCUT2D eigenvalue weighted by atomic mass is 10.2. The van der Waals surface area contributed by atoms with Crippen LogP contribution in [0.15, 0.2) is 24.3 Å². The first-order valence-electron chi connectivity index (χ1n) is 7.84. The first-order chi connectivity index (χ1) is 10.6. The molecule has 1 aromatic carbocycles. The van der Waals surface area contributed by atoms with Gasteiger partial charge in [0.1, 0.15) is 5.82 Å². The van der Waals surface area contributed by atoms with Crippen LogP contribution in [0.4, 0.5) is 10.1 Å². The highest BCUT2D eigenvalue weighted by Gasteiger charge is 2.32. The van der Waals surface area contributed by atoms with Gasteiger partial charge in [-0.1, -0.05) is 0 Å². The van der Waals surface area contributed by atoms with E-state index in [4.69, 9.17) is 0 Å². The van der Waals surface area contributed by atoms with Gasteiger partial charge in [-0.25, -0.2) is 4.39 Å². The average molecular weight is 380 g/mol. The summed E-state index contributed by atoms with van der Waals surface area (Å²) < 4.78 is 13.0. The van der Waals surface area contributed by atoms with E-state index >= 15 is 0 Å². The molecule has 2 aliphatic heterocycles. The van der Waals surface area contributed by atoms with Gasteiger partial charge in [0, 0.05) is 38.4 Å². The summed E-state index contributed by atoms with van der Waals surface area (Å²) in [4.78, 5) is 16.5. The molecule has 1 aromatic rings. The van der Waals surface area contributed by atoms with Gasteiger partial charge in [-0.2, -0.15) is 0 Å². The highest BCUT2D eigenvalue weighted by Crippen LogP contribution is 2.18. The Labute approximate surface area is 154 Å². The number of carbonyl (C=O) groups excluding carboxylic acids is 1. The van der Waals surface area contributed by atoms with Gasteiger partial charge in [0.2, 0.25) is 5.91 Å². The zero-order valence-corrected chi connectivity index (χ0v) is 15.0. The molecule has 24 heavy (non-hydrogen) atoms. The molecule has 2 aliphatic rings. The molecule has 0 spiro atoms. The smallest absolute Gasteiger partial charge is 0.239 e. The van der Waals surface area contributed by atoms with Crippen molar-refractivity contribution in [1.82, 2.24) is 10.2 Å². The predicted octanol–water partition coefficient (Wildman–Crippen LogP) is 1.43. The van der Waals surface area contributed by atoms with Crippen molar-refractivity contribution in [1.29, 1.82) is 0 Å². The molecule has 2 atom stereocenters. The van der Waals surface area contributed by atoms with Crippen LogP contribution < -0.4 is 10.2 Å². The molecular formula is C16H24Cl2FN3O2. The number of amides is 1. The molecule has 0 bridgehead atoms. The van der Waals surface area contributed by atoms with Crippen molar-refractivity contribution in [2.45, 2.75) is 25.0 Å².